The van der Waals surface area contributed by atoms with Gasteiger partial charge < -0.3 is 10.2 Å². The Kier molecular flexibility index (Phi) is 4.46. The number of benzene rings is 1. The Morgan fingerprint density at radius 2 is 1.81 bits per heavy atom. The standard InChI is InChI=1S/C17H22FN3/c1-5-21(14-10-7-6-9-13(14)18)16-12-8-11-15(19-16)20-17(2,3)4/h6-12H,5H2,1-4H3,(H,19,20). The van der Waals surface area contributed by atoms with Crippen LogP contribution in [-0.2, 0) is 0 Å². The van der Waals surface area contributed by atoms with E-state index >= 15 is 0 Å². The van der Waals surface area contributed by atoms with Gasteiger partial charge in [-0.05, 0) is 52.0 Å². The summed E-state index contributed by atoms with van der Waals surface area (Å²) < 4.78 is 14.0. The third-order valence-corrected chi connectivity index (χ3v) is 2.97. The normalized spacial score (nSPS) is 11.3. The second-order valence-electron chi connectivity index (χ2n) is 5.95. The average Bonchev–Trinajstić information content (AvgIpc) is 2.40. The lowest BCUT2D eigenvalue weighted by Crippen LogP contribution is -2.27. The molecule has 0 aliphatic rings. The van der Waals surface area contributed by atoms with Gasteiger partial charge in [-0.3, -0.25) is 0 Å². The van der Waals surface area contributed by atoms with Crippen LogP contribution in [0, 0.1) is 5.82 Å². The zero-order valence-electron chi connectivity index (χ0n) is 13.0. The number of aromatic nitrogens is 1. The zero-order valence-corrected chi connectivity index (χ0v) is 13.0. The van der Waals surface area contributed by atoms with E-state index in [9.17, 15) is 4.39 Å². The quantitative estimate of drug-likeness (QED) is 0.891. The molecule has 0 atom stereocenters. The Hall–Kier alpha value is -2.10. The molecule has 0 saturated heterocycles. The number of para-hydroxylation sites is 1. The Morgan fingerprint density at radius 1 is 1.10 bits per heavy atom. The predicted molar refractivity (Wildman–Crippen MR) is 86.7 cm³/mol. The number of hydrogen-bond donors (Lipinski definition) is 1. The van der Waals surface area contributed by atoms with Gasteiger partial charge in [0.25, 0.3) is 0 Å². The van der Waals surface area contributed by atoms with Gasteiger partial charge in [-0.15, -0.1) is 0 Å². The van der Waals surface area contributed by atoms with Crippen LogP contribution in [0.3, 0.4) is 0 Å². The molecule has 0 amide bonds. The maximum absolute atomic E-state index is 14.0. The fourth-order valence-electron chi connectivity index (χ4n) is 2.15. The Balaban J connectivity index is 2.35. The average molecular weight is 287 g/mol. The van der Waals surface area contributed by atoms with Crippen molar-refractivity contribution >= 4 is 17.3 Å². The van der Waals surface area contributed by atoms with E-state index in [1.165, 1.54) is 6.07 Å². The topological polar surface area (TPSA) is 28.2 Å². The summed E-state index contributed by atoms with van der Waals surface area (Å²) in [6.45, 7) is 8.87. The largest absolute Gasteiger partial charge is 0.365 e. The van der Waals surface area contributed by atoms with Gasteiger partial charge in [0.2, 0.25) is 0 Å². The lowest BCUT2D eigenvalue weighted by Gasteiger charge is -2.25. The van der Waals surface area contributed by atoms with E-state index in [2.05, 4.69) is 31.1 Å². The van der Waals surface area contributed by atoms with Crippen molar-refractivity contribution in [2.75, 3.05) is 16.8 Å². The molecule has 3 nitrogen and oxygen atoms in total. The van der Waals surface area contributed by atoms with Crippen LogP contribution in [-0.4, -0.2) is 17.1 Å². The number of nitrogens with one attached hydrogen (secondary N) is 1. The van der Waals surface area contributed by atoms with E-state index in [4.69, 9.17) is 0 Å². The highest BCUT2D eigenvalue weighted by molar-refractivity contribution is 5.62. The molecule has 1 N–H and O–H groups in total. The van der Waals surface area contributed by atoms with Gasteiger partial charge in [0.1, 0.15) is 17.5 Å². The number of nitrogens with zero attached hydrogens (tertiary/aromatic N) is 2. The van der Waals surface area contributed by atoms with Gasteiger partial charge in [0.15, 0.2) is 0 Å². The summed E-state index contributed by atoms with van der Waals surface area (Å²) in [4.78, 5) is 6.46. The molecule has 0 radical (unpaired) electrons. The van der Waals surface area contributed by atoms with Crippen molar-refractivity contribution in [2.24, 2.45) is 0 Å². The molecular formula is C17H22FN3. The molecule has 4 heteroatoms. The Labute approximate surface area is 125 Å². The summed E-state index contributed by atoms with van der Waals surface area (Å²) in [5, 5.41) is 3.34. The first-order chi connectivity index (χ1) is 9.90. The summed E-state index contributed by atoms with van der Waals surface area (Å²) in [6.07, 6.45) is 0. The molecule has 0 spiro atoms. The minimum Gasteiger partial charge on any atom is -0.365 e. The van der Waals surface area contributed by atoms with Crippen molar-refractivity contribution in [2.45, 2.75) is 33.2 Å². The van der Waals surface area contributed by atoms with Crippen LogP contribution in [0.2, 0.25) is 0 Å². The van der Waals surface area contributed by atoms with Crippen molar-refractivity contribution in [3.8, 4) is 0 Å². The molecule has 1 aromatic carbocycles. The molecule has 2 rings (SSSR count). The SMILES string of the molecule is CCN(c1cccc(NC(C)(C)C)n1)c1ccccc1F. The highest BCUT2D eigenvalue weighted by Crippen LogP contribution is 2.27. The van der Waals surface area contributed by atoms with E-state index < -0.39 is 0 Å². The van der Waals surface area contributed by atoms with Crippen LogP contribution in [0.15, 0.2) is 42.5 Å². The van der Waals surface area contributed by atoms with Gasteiger partial charge in [0.05, 0.1) is 5.69 Å². The summed E-state index contributed by atoms with van der Waals surface area (Å²) >= 11 is 0. The molecule has 1 heterocycles. The highest BCUT2D eigenvalue weighted by Gasteiger charge is 2.15. The highest BCUT2D eigenvalue weighted by atomic mass is 19.1. The number of pyridine rings is 1. The summed E-state index contributed by atoms with van der Waals surface area (Å²) in [5.74, 6) is 1.28. The Bertz CT molecular complexity index is 605. The van der Waals surface area contributed by atoms with Gasteiger partial charge in [0, 0.05) is 12.1 Å². The number of anilines is 3. The molecule has 0 aliphatic heterocycles. The second kappa shape index (κ2) is 6.12. The van der Waals surface area contributed by atoms with Gasteiger partial charge in [-0.2, -0.15) is 0 Å². The van der Waals surface area contributed by atoms with Crippen molar-refractivity contribution in [3.05, 3.63) is 48.3 Å². The van der Waals surface area contributed by atoms with E-state index in [0.717, 1.165) is 11.6 Å². The third-order valence-electron chi connectivity index (χ3n) is 2.97. The number of rotatable bonds is 4. The molecule has 1 aromatic heterocycles. The fourth-order valence-corrected chi connectivity index (χ4v) is 2.15. The van der Waals surface area contributed by atoms with Crippen molar-refractivity contribution in [3.63, 3.8) is 0 Å². The Morgan fingerprint density at radius 3 is 2.43 bits per heavy atom. The minimum atomic E-state index is -0.240. The fraction of sp³-hybridized carbons (Fsp3) is 0.353. The molecule has 0 fully saturated rings. The first kappa shape index (κ1) is 15.3. The van der Waals surface area contributed by atoms with Crippen molar-refractivity contribution in [1.82, 2.24) is 4.98 Å². The first-order valence-electron chi connectivity index (χ1n) is 7.18. The molecule has 2 aromatic rings. The third kappa shape index (κ3) is 3.94. The summed E-state index contributed by atoms with van der Waals surface area (Å²) in [7, 11) is 0. The van der Waals surface area contributed by atoms with Crippen LogP contribution >= 0.6 is 0 Å². The molecule has 0 bridgehead atoms. The van der Waals surface area contributed by atoms with E-state index in [-0.39, 0.29) is 11.4 Å². The molecule has 0 saturated carbocycles. The van der Waals surface area contributed by atoms with Crippen molar-refractivity contribution in [1.29, 1.82) is 0 Å². The zero-order chi connectivity index (χ0) is 15.5. The maximum atomic E-state index is 14.0. The lowest BCUT2D eigenvalue weighted by atomic mass is 10.1. The van der Waals surface area contributed by atoms with Crippen LogP contribution in [0.5, 0.6) is 0 Å². The van der Waals surface area contributed by atoms with Gasteiger partial charge in [-0.1, -0.05) is 18.2 Å². The lowest BCUT2D eigenvalue weighted by molar-refractivity contribution is 0.624. The van der Waals surface area contributed by atoms with E-state index in [0.29, 0.717) is 12.2 Å². The molecular weight excluding hydrogens is 265 g/mol. The van der Waals surface area contributed by atoms with E-state index in [1.807, 2.05) is 36.1 Å². The van der Waals surface area contributed by atoms with Crippen molar-refractivity contribution < 1.29 is 4.39 Å². The number of hydrogen-bond acceptors (Lipinski definition) is 3. The summed E-state index contributed by atoms with van der Waals surface area (Å²) in [5.41, 5.74) is 0.473. The van der Waals surface area contributed by atoms with Crippen LogP contribution in [0.1, 0.15) is 27.7 Å². The smallest absolute Gasteiger partial charge is 0.146 e. The maximum Gasteiger partial charge on any atom is 0.146 e. The van der Waals surface area contributed by atoms with E-state index in [1.54, 1.807) is 12.1 Å². The number of halogens is 1. The molecule has 0 aliphatic carbocycles. The van der Waals surface area contributed by atoms with Crippen LogP contribution in [0.25, 0.3) is 0 Å². The second-order valence-corrected chi connectivity index (χ2v) is 5.95. The molecule has 21 heavy (non-hydrogen) atoms. The van der Waals surface area contributed by atoms with Crippen LogP contribution < -0.4 is 10.2 Å². The molecule has 0 unspecified atom stereocenters. The summed E-state index contributed by atoms with van der Waals surface area (Å²) in [6, 6.07) is 12.5. The first-order valence-corrected chi connectivity index (χ1v) is 7.18. The van der Waals surface area contributed by atoms with Crippen LogP contribution in [0.4, 0.5) is 21.7 Å². The molecule has 112 valence electrons. The van der Waals surface area contributed by atoms with Gasteiger partial charge >= 0.3 is 0 Å². The predicted octanol–water partition coefficient (Wildman–Crippen LogP) is 4.59. The van der Waals surface area contributed by atoms with Gasteiger partial charge in [-0.25, -0.2) is 9.37 Å². The minimum absolute atomic E-state index is 0.0688. The monoisotopic (exact) mass is 287 g/mol.